The first-order valence-corrected chi connectivity index (χ1v) is 6.04. The molecule has 0 radical (unpaired) electrons. The Morgan fingerprint density at radius 1 is 1.41 bits per heavy atom. The van der Waals surface area contributed by atoms with Crippen LogP contribution in [0.4, 0.5) is 4.39 Å². The van der Waals surface area contributed by atoms with Crippen molar-refractivity contribution < 1.29 is 9.18 Å². The van der Waals surface area contributed by atoms with Crippen LogP contribution in [0.5, 0.6) is 0 Å². The van der Waals surface area contributed by atoms with E-state index < -0.39 is 5.82 Å². The summed E-state index contributed by atoms with van der Waals surface area (Å²) in [5.74, 6) is -0.595. The highest BCUT2D eigenvalue weighted by atomic mass is 19.1. The third-order valence-electron chi connectivity index (χ3n) is 3.03. The van der Waals surface area contributed by atoms with Crippen molar-refractivity contribution in [3.63, 3.8) is 0 Å². The molecule has 0 N–H and O–H groups in total. The number of hydrogen-bond donors (Lipinski definition) is 0. The number of carbonyl (C=O) groups is 1. The predicted molar refractivity (Wildman–Crippen MR) is 67.7 cm³/mol. The lowest BCUT2D eigenvalue weighted by atomic mass is 10.1. The van der Waals surface area contributed by atoms with E-state index in [0.29, 0.717) is 6.04 Å². The fourth-order valence-electron chi connectivity index (χ4n) is 1.79. The Labute approximate surface area is 102 Å². The highest BCUT2D eigenvalue weighted by Crippen LogP contribution is 2.10. The zero-order valence-corrected chi connectivity index (χ0v) is 10.7. The first-order chi connectivity index (χ1) is 8.06. The van der Waals surface area contributed by atoms with Gasteiger partial charge in [-0.1, -0.05) is 25.5 Å². The first kappa shape index (κ1) is 13.8. The lowest BCUT2D eigenvalue weighted by Gasteiger charge is -2.23. The molecule has 1 unspecified atom stereocenters. The van der Waals surface area contributed by atoms with Crippen LogP contribution in [0, 0.1) is 5.82 Å². The van der Waals surface area contributed by atoms with Crippen molar-refractivity contribution in [1.29, 1.82) is 0 Å². The number of carbonyl (C=O) groups excluding carboxylic acids is 1. The molecule has 1 atom stereocenters. The number of halogens is 1. The molecule has 0 aliphatic rings. The van der Waals surface area contributed by atoms with Gasteiger partial charge in [0.05, 0.1) is 12.1 Å². The van der Waals surface area contributed by atoms with Crippen LogP contribution >= 0.6 is 0 Å². The standard InChI is InChI=1S/C14H20FNO/c1-4-7-11(2)16(3)10-14(17)12-8-5-6-9-13(12)15/h5-6,8-9,11H,4,7,10H2,1-3H3. The molecule has 0 saturated heterocycles. The number of benzene rings is 1. The van der Waals surface area contributed by atoms with Crippen LogP contribution in [0.25, 0.3) is 0 Å². The number of nitrogens with zero attached hydrogens (tertiary/aromatic N) is 1. The normalized spacial score (nSPS) is 12.8. The Bertz CT molecular complexity index is 378. The molecule has 0 amide bonds. The van der Waals surface area contributed by atoms with Crippen molar-refractivity contribution in [3.05, 3.63) is 35.6 Å². The van der Waals surface area contributed by atoms with Gasteiger partial charge in [0.15, 0.2) is 5.78 Å². The molecule has 0 saturated carbocycles. The van der Waals surface area contributed by atoms with E-state index in [2.05, 4.69) is 13.8 Å². The second-order valence-corrected chi connectivity index (χ2v) is 4.46. The van der Waals surface area contributed by atoms with E-state index in [1.54, 1.807) is 12.1 Å². The second kappa shape index (κ2) is 6.50. The van der Waals surface area contributed by atoms with E-state index in [-0.39, 0.29) is 17.9 Å². The van der Waals surface area contributed by atoms with Crippen molar-refractivity contribution in [3.8, 4) is 0 Å². The molecule has 0 aromatic heterocycles. The minimum atomic E-state index is -0.436. The van der Waals surface area contributed by atoms with Gasteiger partial charge < -0.3 is 0 Å². The van der Waals surface area contributed by atoms with Gasteiger partial charge in [-0.25, -0.2) is 4.39 Å². The molecule has 0 heterocycles. The molecular weight excluding hydrogens is 217 g/mol. The summed E-state index contributed by atoms with van der Waals surface area (Å²) in [6, 6.07) is 6.48. The Balaban J connectivity index is 2.64. The number of hydrogen-bond acceptors (Lipinski definition) is 2. The molecule has 0 aliphatic carbocycles. The Kier molecular flexibility index (Phi) is 5.29. The summed E-state index contributed by atoms with van der Waals surface area (Å²) in [6.45, 7) is 4.46. The number of rotatable bonds is 6. The maximum Gasteiger partial charge on any atom is 0.179 e. The number of ketones is 1. The molecular formula is C14H20FNO. The van der Waals surface area contributed by atoms with Crippen LogP contribution in [0.1, 0.15) is 37.0 Å². The SMILES string of the molecule is CCCC(C)N(C)CC(=O)c1ccccc1F. The highest BCUT2D eigenvalue weighted by Gasteiger charge is 2.16. The molecule has 3 heteroatoms. The molecule has 1 aromatic carbocycles. The summed E-state index contributed by atoms with van der Waals surface area (Å²) < 4.78 is 13.4. The number of Topliss-reactive ketones (excluding diaryl/α,β-unsaturated/α-hetero) is 1. The summed E-state index contributed by atoms with van der Waals surface area (Å²) in [6.07, 6.45) is 2.13. The van der Waals surface area contributed by atoms with Crippen LogP contribution in [0.3, 0.4) is 0 Å². The number of likely N-dealkylation sites (N-methyl/N-ethyl adjacent to an activating group) is 1. The molecule has 0 spiro atoms. The lowest BCUT2D eigenvalue weighted by molar-refractivity contribution is 0.0917. The van der Waals surface area contributed by atoms with Gasteiger partial charge in [-0.3, -0.25) is 9.69 Å². The van der Waals surface area contributed by atoms with Crippen LogP contribution in [0.2, 0.25) is 0 Å². The molecule has 0 fully saturated rings. The molecule has 1 aromatic rings. The smallest absolute Gasteiger partial charge is 0.179 e. The monoisotopic (exact) mass is 237 g/mol. The second-order valence-electron chi connectivity index (χ2n) is 4.46. The molecule has 2 nitrogen and oxygen atoms in total. The molecule has 17 heavy (non-hydrogen) atoms. The summed E-state index contributed by atoms with van der Waals surface area (Å²) in [5.41, 5.74) is 0.183. The summed E-state index contributed by atoms with van der Waals surface area (Å²) in [4.78, 5) is 13.9. The van der Waals surface area contributed by atoms with Crippen molar-refractivity contribution in [1.82, 2.24) is 4.90 Å². The maximum atomic E-state index is 13.4. The van der Waals surface area contributed by atoms with Crippen molar-refractivity contribution in [2.75, 3.05) is 13.6 Å². The van der Waals surface area contributed by atoms with Crippen LogP contribution in [0.15, 0.2) is 24.3 Å². The van der Waals surface area contributed by atoms with Crippen LogP contribution in [-0.2, 0) is 0 Å². The zero-order chi connectivity index (χ0) is 12.8. The van der Waals surface area contributed by atoms with E-state index in [1.807, 2.05) is 11.9 Å². The molecule has 1 rings (SSSR count). The fourth-order valence-corrected chi connectivity index (χ4v) is 1.79. The van der Waals surface area contributed by atoms with Gasteiger partial charge >= 0.3 is 0 Å². The summed E-state index contributed by atoms with van der Waals surface area (Å²) >= 11 is 0. The third-order valence-corrected chi connectivity index (χ3v) is 3.03. The topological polar surface area (TPSA) is 20.3 Å². The largest absolute Gasteiger partial charge is 0.296 e. The van der Waals surface area contributed by atoms with Gasteiger partial charge in [-0.15, -0.1) is 0 Å². The Hall–Kier alpha value is -1.22. The van der Waals surface area contributed by atoms with E-state index in [4.69, 9.17) is 0 Å². The summed E-state index contributed by atoms with van der Waals surface area (Å²) in [5, 5.41) is 0. The maximum absolute atomic E-state index is 13.4. The van der Waals surface area contributed by atoms with Crippen molar-refractivity contribution in [2.45, 2.75) is 32.7 Å². The lowest BCUT2D eigenvalue weighted by Crippen LogP contribution is -2.34. The highest BCUT2D eigenvalue weighted by molar-refractivity contribution is 5.97. The first-order valence-electron chi connectivity index (χ1n) is 6.04. The van der Waals surface area contributed by atoms with Crippen LogP contribution in [-0.4, -0.2) is 30.3 Å². The minimum Gasteiger partial charge on any atom is -0.296 e. The molecule has 94 valence electrons. The van der Waals surface area contributed by atoms with Gasteiger partial charge in [0.1, 0.15) is 5.82 Å². The van der Waals surface area contributed by atoms with Gasteiger partial charge in [0.25, 0.3) is 0 Å². The van der Waals surface area contributed by atoms with E-state index >= 15 is 0 Å². The molecule has 0 bridgehead atoms. The minimum absolute atomic E-state index is 0.159. The zero-order valence-electron chi connectivity index (χ0n) is 10.7. The van der Waals surface area contributed by atoms with Gasteiger partial charge in [-0.05, 0) is 32.5 Å². The van der Waals surface area contributed by atoms with Crippen molar-refractivity contribution in [2.24, 2.45) is 0 Å². The third kappa shape index (κ3) is 3.93. The average Bonchev–Trinajstić information content (AvgIpc) is 2.29. The van der Waals surface area contributed by atoms with E-state index in [1.165, 1.54) is 12.1 Å². The average molecular weight is 237 g/mol. The Morgan fingerprint density at radius 3 is 2.65 bits per heavy atom. The Morgan fingerprint density at radius 2 is 2.06 bits per heavy atom. The van der Waals surface area contributed by atoms with Gasteiger partial charge in [0, 0.05) is 6.04 Å². The van der Waals surface area contributed by atoms with Crippen molar-refractivity contribution >= 4 is 5.78 Å². The summed E-state index contributed by atoms with van der Waals surface area (Å²) in [7, 11) is 1.90. The van der Waals surface area contributed by atoms with Crippen LogP contribution < -0.4 is 0 Å². The molecule has 0 aliphatic heterocycles. The predicted octanol–water partition coefficient (Wildman–Crippen LogP) is 3.13. The fraction of sp³-hybridized carbons (Fsp3) is 0.500. The van der Waals surface area contributed by atoms with Gasteiger partial charge in [-0.2, -0.15) is 0 Å². The van der Waals surface area contributed by atoms with E-state index in [9.17, 15) is 9.18 Å². The van der Waals surface area contributed by atoms with E-state index in [0.717, 1.165) is 12.8 Å². The quantitative estimate of drug-likeness (QED) is 0.708. The van der Waals surface area contributed by atoms with Gasteiger partial charge in [0.2, 0.25) is 0 Å².